The van der Waals surface area contributed by atoms with Gasteiger partial charge in [0.2, 0.25) is 0 Å². The third-order valence-corrected chi connectivity index (χ3v) is 1.70. The van der Waals surface area contributed by atoms with Gasteiger partial charge in [-0.05, 0) is 6.92 Å². The van der Waals surface area contributed by atoms with Crippen molar-refractivity contribution in [2.45, 2.75) is 32.0 Å². The van der Waals surface area contributed by atoms with Gasteiger partial charge in [-0.15, -0.1) is 12.3 Å². The first-order valence-electron chi connectivity index (χ1n) is 3.99. The molecule has 0 amide bonds. The van der Waals surface area contributed by atoms with E-state index in [1.54, 1.807) is 0 Å². The standard InChI is InChI=1S/C9H10O4/c1-3-4-5-7-9(11)12-6(2)8(10)13-7/h1,6-7H,4-5H2,2H3. The Morgan fingerprint density at radius 3 is 2.69 bits per heavy atom. The quantitative estimate of drug-likeness (QED) is 0.454. The fourth-order valence-electron chi connectivity index (χ4n) is 0.974. The third kappa shape index (κ3) is 2.22. The highest BCUT2D eigenvalue weighted by Crippen LogP contribution is 2.13. The zero-order chi connectivity index (χ0) is 9.84. The number of ether oxygens (including phenoxy) is 2. The van der Waals surface area contributed by atoms with Gasteiger partial charge in [-0.3, -0.25) is 0 Å². The highest BCUT2D eigenvalue weighted by Gasteiger charge is 2.34. The van der Waals surface area contributed by atoms with Gasteiger partial charge in [-0.25, -0.2) is 9.59 Å². The molecule has 1 aliphatic rings. The van der Waals surface area contributed by atoms with Crippen LogP contribution in [0.5, 0.6) is 0 Å². The number of terminal acetylenes is 1. The van der Waals surface area contributed by atoms with Gasteiger partial charge in [0, 0.05) is 12.8 Å². The SMILES string of the molecule is C#CCCC1OC(=O)C(C)OC1=O. The lowest BCUT2D eigenvalue weighted by Gasteiger charge is -2.24. The number of cyclic esters (lactones) is 2. The minimum absolute atomic E-state index is 0.327. The summed E-state index contributed by atoms with van der Waals surface area (Å²) >= 11 is 0. The predicted octanol–water partition coefficient (Wildman–Crippen LogP) is 0.257. The molecule has 0 aromatic heterocycles. The van der Waals surface area contributed by atoms with E-state index in [4.69, 9.17) is 15.9 Å². The van der Waals surface area contributed by atoms with Crippen LogP contribution in [0.1, 0.15) is 19.8 Å². The van der Waals surface area contributed by atoms with Crippen molar-refractivity contribution in [3.8, 4) is 12.3 Å². The van der Waals surface area contributed by atoms with Crippen molar-refractivity contribution in [3.63, 3.8) is 0 Å². The summed E-state index contributed by atoms with van der Waals surface area (Å²) in [6.07, 6.45) is 4.11. The lowest BCUT2D eigenvalue weighted by Crippen LogP contribution is -2.42. The van der Waals surface area contributed by atoms with Gasteiger partial charge in [0.1, 0.15) is 0 Å². The van der Waals surface area contributed by atoms with Crippen LogP contribution in [0.15, 0.2) is 0 Å². The molecule has 0 saturated carbocycles. The molecule has 0 radical (unpaired) electrons. The van der Waals surface area contributed by atoms with Gasteiger partial charge >= 0.3 is 11.9 Å². The molecule has 4 nitrogen and oxygen atoms in total. The van der Waals surface area contributed by atoms with Crippen LogP contribution in [0.3, 0.4) is 0 Å². The van der Waals surface area contributed by atoms with Crippen LogP contribution < -0.4 is 0 Å². The molecular weight excluding hydrogens is 172 g/mol. The van der Waals surface area contributed by atoms with E-state index in [9.17, 15) is 9.59 Å². The van der Waals surface area contributed by atoms with E-state index in [2.05, 4.69) is 5.92 Å². The first-order valence-corrected chi connectivity index (χ1v) is 3.99. The zero-order valence-electron chi connectivity index (χ0n) is 7.28. The maximum atomic E-state index is 11.1. The summed E-state index contributed by atoms with van der Waals surface area (Å²) in [7, 11) is 0. The topological polar surface area (TPSA) is 52.6 Å². The Bertz CT molecular complexity index is 263. The molecule has 0 N–H and O–H groups in total. The molecule has 0 spiro atoms. The second kappa shape index (κ2) is 3.94. The Balaban J connectivity index is 2.52. The molecular formula is C9H10O4. The van der Waals surface area contributed by atoms with Gasteiger partial charge < -0.3 is 9.47 Å². The lowest BCUT2D eigenvalue weighted by molar-refractivity contribution is -0.193. The first kappa shape index (κ1) is 9.59. The third-order valence-electron chi connectivity index (χ3n) is 1.70. The van der Waals surface area contributed by atoms with Crippen molar-refractivity contribution in [1.29, 1.82) is 0 Å². The van der Waals surface area contributed by atoms with Crippen LogP contribution in [0.25, 0.3) is 0 Å². The van der Waals surface area contributed by atoms with E-state index >= 15 is 0 Å². The average molecular weight is 182 g/mol. The fourth-order valence-corrected chi connectivity index (χ4v) is 0.974. The number of hydrogen-bond donors (Lipinski definition) is 0. The Labute approximate surface area is 76.2 Å². The summed E-state index contributed by atoms with van der Waals surface area (Å²) in [5, 5.41) is 0. The minimum Gasteiger partial charge on any atom is -0.448 e. The molecule has 0 aliphatic carbocycles. The number of hydrogen-bond acceptors (Lipinski definition) is 4. The molecule has 0 aromatic carbocycles. The Morgan fingerprint density at radius 2 is 2.08 bits per heavy atom. The van der Waals surface area contributed by atoms with Crippen molar-refractivity contribution >= 4 is 11.9 Å². The van der Waals surface area contributed by atoms with Crippen molar-refractivity contribution in [2.24, 2.45) is 0 Å². The van der Waals surface area contributed by atoms with Gasteiger partial charge in [0.15, 0.2) is 12.2 Å². The molecule has 1 rings (SSSR count). The Hall–Kier alpha value is -1.50. The number of rotatable bonds is 2. The predicted molar refractivity (Wildman–Crippen MR) is 43.5 cm³/mol. The molecule has 0 aromatic rings. The minimum atomic E-state index is -0.820. The Kier molecular flexibility index (Phi) is 2.91. The largest absolute Gasteiger partial charge is 0.448 e. The lowest BCUT2D eigenvalue weighted by atomic mass is 10.2. The fraction of sp³-hybridized carbons (Fsp3) is 0.556. The second-order valence-corrected chi connectivity index (χ2v) is 2.75. The van der Waals surface area contributed by atoms with E-state index in [1.807, 2.05) is 0 Å². The summed E-state index contributed by atoms with van der Waals surface area (Å²) in [4.78, 5) is 22.1. The molecule has 1 aliphatic heterocycles. The maximum Gasteiger partial charge on any atom is 0.348 e. The maximum absolute atomic E-state index is 11.1. The molecule has 70 valence electrons. The molecule has 1 heterocycles. The number of carbonyl (C=O) groups is 2. The molecule has 2 atom stereocenters. The first-order chi connectivity index (χ1) is 6.15. The molecule has 4 heteroatoms. The summed E-state index contributed by atoms with van der Waals surface area (Å²) in [6.45, 7) is 1.47. The summed E-state index contributed by atoms with van der Waals surface area (Å²) < 4.78 is 9.53. The van der Waals surface area contributed by atoms with E-state index < -0.39 is 24.1 Å². The van der Waals surface area contributed by atoms with E-state index in [-0.39, 0.29) is 0 Å². The van der Waals surface area contributed by atoms with Crippen LogP contribution in [-0.2, 0) is 19.1 Å². The summed E-state index contributed by atoms with van der Waals surface area (Å²) in [6, 6.07) is 0. The molecule has 13 heavy (non-hydrogen) atoms. The van der Waals surface area contributed by atoms with Crippen LogP contribution in [0.2, 0.25) is 0 Å². The molecule has 0 bridgehead atoms. The zero-order valence-corrected chi connectivity index (χ0v) is 7.28. The monoisotopic (exact) mass is 182 g/mol. The van der Waals surface area contributed by atoms with Gasteiger partial charge in [-0.2, -0.15) is 0 Å². The van der Waals surface area contributed by atoms with Crippen LogP contribution >= 0.6 is 0 Å². The van der Waals surface area contributed by atoms with Crippen LogP contribution in [0.4, 0.5) is 0 Å². The Morgan fingerprint density at radius 1 is 1.38 bits per heavy atom. The summed E-state index contributed by atoms with van der Waals surface area (Å²) in [5.74, 6) is 1.34. The van der Waals surface area contributed by atoms with Gasteiger partial charge in [0.25, 0.3) is 0 Å². The molecule has 2 unspecified atom stereocenters. The summed E-state index contributed by atoms with van der Waals surface area (Å²) in [5.41, 5.74) is 0. The molecule has 1 fully saturated rings. The highest BCUT2D eigenvalue weighted by molar-refractivity contribution is 5.87. The van der Waals surface area contributed by atoms with Crippen molar-refractivity contribution in [2.75, 3.05) is 0 Å². The highest BCUT2D eigenvalue weighted by atomic mass is 16.6. The van der Waals surface area contributed by atoms with Crippen LogP contribution in [0, 0.1) is 12.3 Å². The van der Waals surface area contributed by atoms with Gasteiger partial charge in [0.05, 0.1) is 0 Å². The van der Waals surface area contributed by atoms with E-state index in [0.29, 0.717) is 12.8 Å². The molecule has 1 saturated heterocycles. The van der Waals surface area contributed by atoms with Crippen LogP contribution in [-0.4, -0.2) is 24.1 Å². The van der Waals surface area contributed by atoms with E-state index in [0.717, 1.165) is 0 Å². The van der Waals surface area contributed by atoms with Crippen molar-refractivity contribution in [3.05, 3.63) is 0 Å². The average Bonchev–Trinajstić information content (AvgIpc) is 2.09. The number of carbonyl (C=O) groups excluding carboxylic acids is 2. The second-order valence-electron chi connectivity index (χ2n) is 2.75. The van der Waals surface area contributed by atoms with Gasteiger partial charge in [-0.1, -0.05) is 0 Å². The normalized spacial score (nSPS) is 27.4. The van der Waals surface area contributed by atoms with Crippen molar-refractivity contribution < 1.29 is 19.1 Å². The van der Waals surface area contributed by atoms with E-state index in [1.165, 1.54) is 6.92 Å². The number of esters is 2. The van der Waals surface area contributed by atoms with Crippen molar-refractivity contribution in [1.82, 2.24) is 0 Å². The smallest absolute Gasteiger partial charge is 0.348 e.